The van der Waals surface area contributed by atoms with E-state index in [0.717, 1.165) is 17.9 Å². The average Bonchev–Trinajstić information content (AvgIpc) is 2.18. The molecule has 0 amide bonds. The first kappa shape index (κ1) is 13.0. The fraction of sp³-hybridized carbons (Fsp3) is 1.00. The van der Waals surface area contributed by atoms with E-state index in [0.29, 0.717) is 6.04 Å². The monoisotopic (exact) mass is 212 g/mol. The molecule has 0 aromatic carbocycles. The highest BCUT2D eigenvalue weighted by Crippen LogP contribution is 2.29. The molecule has 1 N–H and O–H groups in total. The number of nitrogens with one attached hydrogen (secondary N) is 1. The summed E-state index contributed by atoms with van der Waals surface area (Å²) in [5.74, 6) is 1.76. The number of nitrogens with zero attached hydrogens (tertiary/aromatic N) is 1. The van der Waals surface area contributed by atoms with Crippen LogP contribution in [0.15, 0.2) is 0 Å². The third-order valence-corrected chi connectivity index (χ3v) is 4.02. The third kappa shape index (κ3) is 3.76. The first-order chi connectivity index (χ1) is 7.04. The summed E-state index contributed by atoms with van der Waals surface area (Å²) in [6.07, 6.45) is 4.14. The summed E-state index contributed by atoms with van der Waals surface area (Å²) in [6.45, 7) is 8.20. The molecule has 0 heterocycles. The minimum Gasteiger partial charge on any atom is -0.317 e. The largest absolute Gasteiger partial charge is 0.317 e. The Labute approximate surface area is 95.4 Å². The van der Waals surface area contributed by atoms with E-state index in [9.17, 15) is 0 Å². The summed E-state index contributed by atoms with van der Waals surface area (Å²) >= 11 is 0. The van der Waals surface area contributed by atoms with Gasteiger partial charge in [-0.25, -0.2) is 0 Å². The molecule has 0 saturated heterocycles. The van der Waals surface area contributed by atoms with Crippen LogP contribution in [-0.4, -0.2) is 37.6 Å². The van der Waals surface area contributed by atoms with Gasteiger partial charge in [-0.2, -0.15) is 0 Å². The summed E-state index contributed by atoms with van der Waals surface area (Å²) in [7, 11) is 4.36. The van der Waals surface area contributed by atoms with E-state index in [1.165, 1.54) is 25.8 Å². The Kier molecular flexibility index (Phi) is 5.07. The smallest absolute Gasteiger partial charge is 0.0105 e. The molecule has 15 heavy (non-hydrogen) atoms. The molecule has 1 rings (SSSR count). The minimum absolute atomic E-state index is 0.666. The maximum atomic E-state index is 3.49. The Hall–Kier alpha value is -0.0800. The molecule has 0 aromatic rings. The molecule has 90 valence electrons. The van der Waals surface area contributed by atoms with Gasteiger partial charge in [0, 0.05) is 18.6 Å². The van der Waals surface area contributed by atoms with Crippen molar-refractivity contribution < 1.29 is 0 Å². The van der Waals surface area contributed by atoms with Crippen LogP contribution in [0.1, 0.15) is 40.0 Å². The van der Waals surface area contributed by atoms with Crippen molar-refractivity contribution in [2.75, 3.05) is 20.6 Å². The van der Waals surface area contributed by atoms with E-state index in [4.69, 9.17) is 0 Å². The van der Waals surface area contributed by atoms with Crippen LogP contribution in [0.25, 0.3) is 0 Å². The highest BCUT2D eigenvalue weighted by molar-refractivity contribution is 4.84. The highest BCUT2D eigenvalue weighted by Gasteiger charge is 2.28. The lowest BCUT2D eigenvalue weighted by atomic mass is 9.78. The normalized spacial score (nSPS) is 32.6. The van der Waals surface area contributed by atoms with Crippen molar-refractivity contribution in [3.63, 3.8) is 0 Å². The Morgan fingerprint density at radius 3 is 2.53 bits per heavy atom. The Morgan fingerprint density at radius 2 is 2.00 bits per heavy atom. The predicted octanol–water partition coefficient (Wildman–Crippen LogP) is 2.35. The fourth-order valence-electron chi connectivity index (χ4n) is 2.66. The molecule has 0 aromatic heterocycles. The molecular weight excluding hydrogens is 184 g/mol. The van der Waals surface area contributed by atoms with E-state index in [2.05, 4.69) is 45.1 Å². The van der Waals surface area contributed by atoms with Crippen molar-refractivity contribution in [1.82, 2.24) is 10.2 Å². The molecule has 3 unspecified atom stereocenters. The average molecular weight is 212 g/mol. The second-order valence-electron chi connectivity index (χ2n) is 5.61. The second-order valence-corrected chi connectivity index (χ2v) is 5.61. The van der Waals surface area contributed by atoms with Crippen molar-refractivity contribution in [3.8, 4) is 0 Å². The van der Waals surface area contributed by atoms with Gasteiger partial charge in [-0.1, -0.05) is 6.92 Å². The van der Waals surface area contributed by atoms with Crippen molar-refractivity contribution in [3.05, 3.63) is 0 Å². The van der Waals surface area contributed by atoms with Gasteiger partial charge >= 0.3 is 0 Å². The van der Waals surface area contributed by atoms with Crippen molar-refractivity contribution in [2.24, 2.45) is 11.8 Å². The Morgan fingerprint density at radius 1 is 1.33 bits per heavy atom. The van der Waals surface area contributed by atoms with Crippen LogP contribution in [0, 0.1) is 11.8 Å². The van der Waals surface area contributed by atoms with Gasteiger partial charge in [0.05, 0.1) is 0 Å². The van der Waals surface area contributed by atoms with Crippen molar-refractivity contribution in [1.29, 1.82) is 0 Å². The van der Waals surface area contributed by atoms with Crippen LogP contribution in [0.5, 0.6) is 0 Å². The molecule has 2 nitrogen and oxygen atoms in total. The van der Waals surface area contributed by atoms with E-state index in [1.807, 2.05) is 0 Å². The predicted molar refractivity (Wildman–Crippen MR) is 67.1 cm³/mol. The van der Waals surface area contributed by atoms with Crippen LogP contribution >= 0.6 is 0 Å². The number of rotatable bonds is 4. The zero-order chi connectivity index (χ0) is 11.4. The van der Waals surface area contributed by atoms with Gasteiger partial charge in [-0.15, -0.1) is 0 Å². The molecule has 3 atom stereocenters. The second kappa shape index (κ2) is 5.86. The molecule has 0 radical (unpaired) electrons. The van der Waals surface area contributed by atoms with Gasteiger partial charge in [0.25, 0.3) is 0 Å². The van der Waals surface area contributed by atoms with Crippen molar-refractivity contribution in [2.45, 2.75) is 52.1 Å². The van der Waals surface area contributed by atoms with Crippen LogP contribution in [0.3, 0.4) is 0 Å². The van der Waals surface area contributed by atoms with Crippen molar-refractivity contribution >= 4 is 0 Å². The Balaban J connectivity index is 2.48. The quantitative estimate of drug-likeness (QED) is 0.769. The molecule has 2 heteroatoms. The molecule has 0 spiro atoms. The van der Waals surface area contributed by atoms with E-state index >= 15 is 0 Å². The number of hydrogen-bond donors (Lipinski definition) is 1. The van der Waals surface area contributed by atoms with E-state index in [-0.39, 0.29) is 0 Å². The SMILES string of the molecule is CNC1CCC(C)CC1CN(C)C(C)C. The first-order valence-corrected chi connectivity index (χ1v) is 6.42. The van der Waals surface area contributed by atoms with Crippen LogP contribution < -0.4 is 5.32 Å². The molecule has 1 aliphatic rings. The van der Waals surface area contributed by atoms with Gasteiger partial charge < -0.3 is 10.2 Å². The van der Waals surface area contributed by atoms with Gasteiger partial charge in [0.1, 0.15) is 0 Å². The van der Waals surface area contributed by atoms with Gasteiger partial charge in [0.15, 0.2) is 0 Å². The summed E-state index contributed by atoms with van der Waals surface area (Å²) in [6, 6.07) is 1.40. The lowest BCUT2D eigenvalue weighted by Gasteiger charge is -2.38. The fourth-order valence-corrected chi connectivity index (χ4v) is 2.66. The summed E-state index contributed by atoms with van der Waals surface area (Å²) in [5.41, 5.74) is 0. The van der Waals surface area contributed by atoms with Gasteiger partial charge in [0.2, 0.25) is 0 Å². The molecule has 1 saturated carbocycles. The topological polar surface area (TPSA) is 15.3 Å². The van der Waals surface area contributed by atoms with Crippen LogP contribution in [0.2, 0.25) is 0 Å². The molecule has 0 bridgehead atoms. The van der Waals surface area contributed by atoms with Crippen LogP contribution in [-0.2, 0) is 0 Å². The van der Waals surface area contributed by atoms with E-state index < -0.39 is 0 Å². The molecule has 1 fully saturated rings. The molecule has 1 aliphatic carbocycles. The summed E-state index contributed by atoms with van der Waals surface area (Å²) in [5, 5.41) is 3.49. The highest BCUT2D eigenvalue weighted by atomic mass is 15.1. The standard InChI is InChI=1S/C13H28N2/c1-10(2)15(5)9-12-8-11(3)6-7-13(12)14-4/h10-14H,6-9H2,1-5H3. The molecule has 0 aliphatic heterocycles. The summed E-state index contributed by atoms with van der Waals surface area (Å²) in [4.78, 5) is 2.48. The first-order valence-electron chi connectivity index (χ1n) is 6.42. The van der Waals surface area contributed by atoms with Crippen LogP contribution in [0.4, 0.5) is 0 Å². The van der Waals surface area contributed by atoms with Gasteiger partial charge in [-0.3, -0.25) is 0 Å². The lowest BCUT2D eigenvalue weighted by molar-refractivity contribution is 0.148. The summed E-state index contributed by atoms with van der Waals surface area (Å²) < 4.78 is 0. The number of hydrogen-bond acceptors (Lipinski definition) is 2. The van der Waals surface area contributed by atoms with Gasteiger partial charge in [-0.05, 0) is 59.0 Å². The lowest BCUT2D eigenvalue weighted by Crippen LogP contribution is -2.44. The maximum absolute atomic E-state index is 3.49. The maximum Gasteiger partial charge on any atom is 0.0105 e. The third-order valence-electron chi connectivity index (χ3n) is 4.02. The Bertz CT molecular complexity index is 179. The molecular formula is C13H28N2. The minimum atomic E-state index is 0.666. The zero-order valence-corrected chi connectivity index (χ0v) is 11.1. The van der Waals surface area contributed by atoms with E-state index in [1.54, 1.807) is 0 Å². The zero-order valence-electron chi connectivity index (χ0n) is 11.1.